The number of para-hydroxylation sites is 2. The summed E-state index contributed by atoms with van der Waals surface area (Å²) in [6, 6.07) is 12.9. The number of rotatable bonds is 2. The van der Waals surface area contributed by atoms with Crippen molar-refractivity contribution in [3.05, 3.63) is 48.0 Å². The minimum atomic E-state index is -0.839. The molecule has 6 nitrogen and oxygen atoms in total. The number of carbonyl (C=O) groups excluding carboxylic acids is 1. The summed E-state index contributed by atoms with van der Waals surface area (Å²) in [7, 11) is 0. The van der Waals surface area contributed by atoms with Gasteiger partial charge in [0.1, 0.15) is 0 Å². The van der Waals surface area contributed by atoms with Crippen molar-refractivity contribution in [2.45, 2.75) is 12.8 Å². The highest BCUT2D eigenvalue weighted by Crippen LogP contribution is 2.21. The maximum absolute atomic E-state index is 12.8. The molecule has 1 aromatic heterocycles. The summed E-state index contributed by atoms with van der Waals surface area (Å²) in [5.41, 5.74) is 3.51. The van der Waals surface area contributed by atoms with Crippen LogP contribution in [-0.4, -0.2) is 44.9 Å². The smallest absolute Gasteiger partial charge is 0.308 e. The molecule has 1 saturated heterocycles. The molecule has 2 heterocycles. The lowest BCUT2D eigenvalue weighted by Crippen LogP contribution is -2.42. The Morgan fingerprint density at radius 1 is 1.00 bits per heavy atom. The highest BCUT2D eigenvalue weighted by Gasteiger charge is 2.28. The first-order valence-corrected chi connectivity index (χ1v) is 8.30. The third-order valence-electron chi connectivity index (χ3n) is 4.64. The van der Waals surface area contributed by atoms with E-state index in [0.717, 1.165) is 16.6 Å². The van der Waals surface area contributed by atoms with E-state index < -0.39 is 11.9 Å². The minimum absolute atomic E-state index is 0.150. The average Bonchev–Trinajstić information content (AvgIpc) is 2.65. The first-order valence-electron chi connectivity index (χ1n) is 8.30. The van der Waals surface area contributed by atoms with Crippen molar-refractivity contribution < 1.29 is 14.7 Å². The fraction of sp³-hybridized carbons (Fsp3) is 0.263. The van der Waals surface area contributed by atoms with Crippen LogP contribution in [0.1, 0.15) is 23.2 Å². The first kappa shape index (κ1) is 15.5. The first-order chi connectivity index (χ1) is 12.1. The molecule has 0 spiro atoms. The van der Waals surface area contributed by atoms with Crippen molar-refractivity contribution in [1.82, 2.24) is 14.9 Å². The zero-order chi connectivity index (χ0) is 17.4. The number of hydrogen-bond donors (Lipinski definition) is 1. The van der Waals surface area contributed by atoms with Crippen molar-refractivity contribution in [2.24, 2.45) is 5.92 Å². The van der Waals surface area contributed by atoms with Gasteiger partial charge in [0.25, 0.3) is 5.91 Å². The Bertz CT molecular complexity index is 986. The molecule has 2 aromatic carbocycles. The molecule has 0 aliphatic carbocycles. The molecule has 25 heavy (non-hydrogen) atoms. The summed E-state index contributed by atoms with van der Waals surface area (Å²) >= 11 is 0. The molecule has 1 fully saturated rings. The van der Waals surface area contributed by atoms with Crippen molar-refractivity contribution >= 4 is 33.9 Å². The lowest BCUT2D eigenvalue weighted by molar-refractivity contribution is -0.143. The second-order valence-electron chi connectivity index (χ2n) is 6.34. The number of aromatic nitrogens is 2. The molecule has 0 bridgehead atoms. The third kappa shape index (κ3) is 2.91. The maximum Gasteiger partial charge on any atom is 0.308 e. The van der Waals surface area contributed by atoms with E-state index in [2.05, 4.69) is 9.97 Å². The standard InChI is InChI=1S/C19H17N3O3/c23-18(22-9-3-4-13(11-22)19(24)25)12-7-8-16-17(10-12)21-15-6-2-1-5-14(15)20-16/h1-2,5-8,10,13H,3-4,9,11H2,(H,24,25). The van der Waals surface area contributed by atoms with Crippen LogP contribution in [0.4, 0.5) is 0 Å². The molecule has 3 aromatic rings. The van der Waals surface area contributed by atoms with Crippen LogP contribution in [0, 0.1) is 5.92 Å². The number of carboxylic acid groups (broad SMARTS) is 1. The predicted molar refractivity (Wildman–Crippen MR) is 93.3 cm³/mol. The second kappa shape index (κ2) is 6.12. The second-order valence-corrected chi connectivity index (χ2v) is 6.34. The quantitative estimate of drug-likeness (QED) is 0.728. The van der Waals surface area contributed by atoms with Gasteiger partial charge >= 0.3 is 5.97 Å². The summed E-state index contributed by atoms with van der Waals surface area (Å²) in [5.74, 6) is -1.47. The molecule has 0 saturated carbocycles. The van der Waals surface area contributed by atoms with Gasteiger partial charge in [-0.15, -0.1) is 0 Å². The molecule has 1 N–H and O–H groups in total. The minimum Gasteiger partial charge on any atom is -0.481 e. The Kier molecular flexibility index (Phi) is 3.80. The van der Waals surface area contributed by atoms with Crippen LogP contribution in [0.2, 0.25) is 0 Å². The normalized spacial score (nSPS) is 17.8. The van der Waals surface area contributed by atoms with E-state index in [9.17, 15) is 14.7 Å². The number of piperidine rings is 1. The summed E-state index contributed by atoms with van der Waals surface area (Å²) in [5, 5.41) is 9.19. The van der Waals surface area contributed by atoms with E-state index in [4.69, 9.17) is 0 Å². The Balaban J connectivity index is 1.67. The monoisotopic (exact) mass is 335 g/mol. The van der Waals surface area contributed by atoms with Crippen LogP contribution in [0.5, 0.6) is 0 Å². The van der Waals surface area contributed by atoms with Gasteiger partial charge in [-0.05, 0) is 43.2 Å². The van der Waals surface area contributed by atoms with E-state index in [1.807, 2.05) is 24.3 Å². The molecule has 0 radical (unpaired) electrons. The fourth-order valence-corrected chi connectivity index (χ4v) is 3.30. The number of nitrogens with zero attached hydrogens (tertiary/aromatic N) is 3. The summed E-state index contributed by atoms with van der Waals surface area (Å²) in [6.45, 7) is 0.847. The van der Waals surface area contributed by atoms with Gasteiger partial charge in [0, 0.05) is 18.7 Å². The van der Waals surface area contributed by atoms with Gasteiger partial charge < -0.3 is 10.0 Å². The van der Waals surface area contributed by atoms with E-state index in [1.54, 1.807) is 23.1 Å². The zero-order valence-electron chi connectivity index (χ0n) is 13.6. The molecule has 4 rings (SSSR count). The Labute approximate surface area is 144 Å². The van der Waals surface area contributed by atoms with Crippen LogP contribution in [-0.2, 0) is 4.79 Å². The van der Waals surface area contributed by atoms with Crippen LogP contribution in [0.25, 0.3) is 22.1 Å². The zero-order valence-corrected chi connectivity index (χ0v) is 13.6. The number of amides is 1. The van der Waals surface area contributed by atoms with Crippen molar-refractivity contribution in [3.8, 4) is 0 Å². The molecular weight excluding hydrogens is 318 g/mol. The van der Waals surface area contributed by atoms with Crippen molar-refractivity contribution in [1.29, 1.82) is 0 Å². The fourth-order valence-electron chi connectivity index (χ4n) is 3.30. The highest BCUT2D eigenvalue weighted by molar-refractivity contribution is 5.98. The molecule has 126 valence electrons. The van der Waals surface area contributed by atoms with Gasteiger partial charge in [-0.1, -0.05) is 12.1 Å². The van der Waals surface area contributed by atoms with E-state index in [1.165, 1.54) is 0 Å². The summed E-state index contributed by atoms with van der Waals surface area (Å²) in [4.78, 5) is 34.7. The highest BCUT2D eigenvalue weighted by atomic mass is 16.4. The van der Waals surface area contributed by atoms with Gasteiger partial charge in [0.15, 0.2) is 0 Å². The number of benzene rings is 2. The van der Waals surface area contributed by atoms with Crippen LogP contribution >= 0.6 is 0 Å². The molecule has 6 heteroatoms. The molecule has 1 unspecified atom stereocenters. The van der Waals surface area contributed by atoms with Crippen molar-refractivity contribution in [2.75, 3.05) is 13.1 Å². The molecule has 1 atom stereocenters. The van der Waals surface area contributed by atoms with Crippen molar-refractivity contribution in [3.63, 3.8) is 0 Å². The summed E-state index contributed by atoms with van der Waals surface area (Å²) in [6.07, 6.45) is 1.33. The molecular formula is C19H17N3O3. The van der Waals surface area contributed by atoms with Gasteiger partial charge in [-0.3, -0.25) is 9.59 Å². The van der Waals surface area contributed by atoms with E-state index in [0.29, 0.717) is 30.5 Å². The van der Waals surface area contributed by atoms with Crippen LogP contribution in [0.15, 0.2) is 42.5 Å². The average molecular weight is 335 g/mol. The van der Waals surface area contributed by atoms with E-state index >= 15 is 0 Å². The van der Waals surface area contributed by atoms with E-state index in [-0.39, 0.29) is 12.5 Å². The molecule has 1 aliphatic rings. The Morgan fingerprint density at radius 2 is 1.68 bits per heavy atom. The number of aliphatic carboxylic acids is 1. The van der Waals surface area contributed by atoms with Crippen LogP contribution in [0.3, 0.4) is 0 Å². The van der Waals surface area contributed by atoms with Gasteiger partial charge in [0.2, 0.25) is 0 Å². The van der Waals surface area contributed by atoms with Gasteiger partial charge in [0.05, 0.1) is 28.0 Å². The Hall–Kier alpha value is -3.02. The number of fused-ring (bicyclic) bond motifs is 2. The number of carboxylic acids is 1. The lowest BCUT2D eigenvalue weighted by Gasteiger charge is -2.30. The van der Waals surface area contributed by atoms with Gasteiger partial charge in [-0.2, -0.15) is 0 Å². The summed E-state index contributed by atoms with van der Waals surface area (Å²) < 4.78 is 0. The maximum atomic E-state index is 12.8. The largest absolute Gasteiger partial charge is 0.481 e. The predicted octanol–water partition coefficient (Wildman–Crippen LogP) is 2.72. The lowest BCUT2D eigenvalue weighted by atomic mass is 9.97. The SMILES string of the molecule is O=C(O)C1CCCN(C(=O)c2ccc3nc4ccccc4nc3c2)C1. The topological polar surface area (TPSA) is 83.4 Å². The molecule has 1 aliphatic heterocycles. The number of carbonyl (C=O) groups is 2. The Morgan fingerprint density at radius 3 is 2.40 bits per heavy atom. The third-order valence-corrected chi connectivity index (χ3v) is 4.64. The number of likely N-dealkylation sites (tertiary alicyclic amines) is 1. The number of hydrogen-bond acceptors (Lipinski definition) is 4. The van der Waals surface area contributed by atoms with Crippen LogP contribution < -0.4 is 0 Å². The molecule has 1 amide bonds. The van der Waals surface area contributed by atoms with Gasteiger partial charge in [-0.25, -0.2) is 9.97 Å².